The minimum absolute atomic E-state index is 0.689. The van der Waals surface area contributed by atoms with Gasteiger partial charge in [0.2, 0.25) is 0 Å². The van der Waals surface area contributed by atoms with Crippen LogP contribution >= 0.6 is 0 Å². The summed E-state index contributed by atoms with van der Waals surface area (Å²) in [6, 6.07) is 0. The van der Waals surface area contributed by atoms with Gasteiger partial charge in [-0.15, -0.1) is 0 Å². The molecule has 0 bridgehead atoms. The van der Waals surface area contributed by atoms with Crippen molar-refractivity contribution in [2.75, 3.05) is 13.1 Å². The van der Waals surface area contributed by atoms with Gasteiger partial charge in [0.15, 0.2) is 0 Å². The molecule has 0 aromatic heterocycles. The van der Waals surface area contributed by atoms with Crippen molar-refractivity contribution in [1.29, 1.82) is 0 Å². The predicted octanol–water partition coefficient (Wildman–Crippen LogP) is 2.96. The van der Waals surface area contributed by atoms with E-state index in [-0.39, 0.29) is 0 Å². The normalized spacial score (nSPS) is 36.7. The van der Waals surface area contributed by atoms with Crippen molar-refractivity contribution in [2.45, 2.75) is 51.9 Å². The van der Waals surface area contributed by atoms with Crippen LogP contribution in [0.15, 0.2) is 0 Å². The second-order valence-electron chi connectivity index (χ2n) is 4.98. The molecule has 0 aromatic carbocycles. The highest BCUT2D eigenvalue weighted by Gasteiger charge is 2.39. The van der Waals surface area contributed by atoms with E-state index in [1.54, 1.807) is 0 Å². The Morgan fingerprint density at radius 3 is 2.54 bits per heavy atom. The summed E-state index contributed by atoms with van der Waals surface area (Å²) >= 11 is 0. The molecule has 2 aliphatic rings. The van der Waals surface area contributed by atoms with E-state index in [0.717, 1.165) is 5.92 Å². The van der Waals surface area contributed by atoms with Crippen LogP contribution in [0.25, 0.3) is 0 Å². The van der Waals surface area contributed by atoms with Gasteiger partial charge in [-0.25, -0.2) is 0 Å². The Morgan fingerprint density at radius 1 is 1.23 bits per heavy atom. The Morgan fingerprint density at radius 2 is 2.00 bits per heavy atom. The van der Waals surface area contributed by atoms with Gasteiger partial charge in [0.1, 0.15) is 0 Å². The quantitative estimate of drug-likeness (QED) is 0.690. The predicted molar refractivity (Wildman–Crippen MR) is 56.8 cm³/mol. The molecule has 1 heterocycles. The number of hydrogen-bond acceptors (Lipinski definition) is 1. The Hall–Kier alpha value is -0.0400. The monoisotopic (exact) mass is 181 g/mol. The lowest BCUT2D eigenvalue weighted by atomic mass is 9.68. The van der Waals surface area contributed by atoms with Crippen molar-refractivity contribution in [3.63, 3.8) is 0 Å². The van der Waals surface area contributed by atoms with Crippen LogP contribution in [0.2, 0.25) is 0 Å². The maximum Gasteiger partial charge on any atom is 0.00104 e. The van der Waals surface area contributed by atoms with Crippen molar-refractivity contribution in [3.05, 3.63) is 0 Å². The molecule has 76 valence electrons. The van der Waals surface area contributed by atoms with Gasteiger partial charge in [-0.1, -0.05) is 19.8 Å². The zero-order valence-electron chi connectivity index (χ0n) is 8.94. The Labute approximate surface area is 82.3 Å². The molecule has 1 saturated heterocycles. The van der Waals surface area contributed by atoms with Gasteiger partial charge in [0, 0.05) is 6.54 Å². The summed E-state index contributed by atoms with van der Waals surface area (Å²) in [5, 5.41) is 3.60. The molecule has 1 nitrogen and oxygen atoms in total. The molecule has 1 heteroatoms. The van der Waals surface area contributed by atoms with Gasteiger partial charge in [-0.2, -0.15) is 0 Å². The first-order chi connectivity index (χ1) is 6.37. The van der Waals surface area contributed by atoms with Gasteiger partial charge < -0.3 is 5.32 Å². The maximum absolute atomic E-state index is 3.60. The van der Waals surface area contributed by atoms with Crippen LogP contribution in [-0.2, 0) is 0 Å². The lowest BCUT2D eigenvalue weighted by Crippen LogP contribution is -2.43. The summed E-state index contributed by atoms with van der Waals surface area (Å²) in [4.78, 5) is 0. The van der Waals surface area contributed by atoms with Crippen molar-refractivity contribution in [2.24, 2.45) is 11.3 Å². The average Bonchev–Trinajstić information content (AvgIpc) is 2.72. The maximum atomic E-state index is 3.60. The second kappa shape index (κ2) is 4.00. The van der Waals surface area contributed by atoms with Gasteiger partial charge in [0.25, 0.3) is 0 Å². The molecule has 1 atom stereocenters. The summed E-state index contributed by atoms with van der Waals surface area (Å²) in [5.41, 5.74) is 0.689. The smallest absolute Gasteiger partial charge is 0.00104 e. The highest BCUT2D eigenvalue weighted by atomic mass is 14.9. The van der Waals surface area contributed by atoms with E-state index < -0.39 is 0 Å². The highest BCUT2D eigenvalue weighted by Crippen LogP contribution is 2.46. The molecule has 0 radical (unpaired) electrons. The van der Waals surface area contributed by atoms with Crippen molar-refractivity contribution >= 4 is 0 Å². The molecule has 2 rings (SSSR count). The number of rotatable bonds is 2. The SMILES string of the molecule is CCC1(C2CCCC2)CCCNC1. The molecule has 0 spiro atoms. The molecule has 13 heavy (non-hydrogen) atoms. The summed E-state index contributed by atoms with van der Waals surface area (Å²) in [6.45, 7) is 4.95. The summed E-state index contributed by atoms with van der Waals surface area (Å²) < 4.78 is 0. The molecule has 0 aromatic rings. The Balaban J connectivity index is 2.03. The number of piperidine rings is 1. The third kappa shape index (κ3) is 1.76. The van der Waals surface area contributed by atoms with Crippen LogP contribution in [0.5, 0.6) is 0 Å². The van der Waals surface area contributed by atoms with Crippen LogP contribution in [0.3, 0.4) is 0 Å². The molecule has 2 fully saturated rings. The fourth-order valence-corrected chi connectivity index (χ4v) is 3.47. The molecule has 1 N–H and O–H groups in total. The lowest BCUT2D eigenvalue weighted by molar-refractivity contribution is 0.109. The molecular weight excluding hydrogens is 158 g/mol. The van der Waals surface area contributed by atoms with E-state index in [1.807, 2.05) is 0 Å². The highest BCUT2D eigenvalue weighted by molar-refractivity contribution is 4.92. The fraction of sp³-hybridized carbons (Fsp3) is 1.00. The summed E-state index contributed by atoms with van der Waals surface area (Å²) in [5.74, 6) is 1.05. The molecule has 1 unspecified atom stereocenters. The first-order valence-corrected chi connectivity index (χ1v) is 6.08. The van der Waals surface area contributed by atoms with Crippen LogP contribution in [0.4, 0.5) is 0 Å². The Bertz CT molecular complexity index is 153. The molecule has 1 aliphatic carbocycles. The minimum atomic E-state index is 0.689. The van der Waals surface area contributed by atoms with Crippen LogP contribution in [-0.4, -0.2) is 13.1 Å². The van der Waals surface area contributed by atoms with E-state index >= 15 is 0 Å². The summed E-state index contributed by atoms with van der Waals surface area (Å²) in [6.07, 6.45) is 10.3. The van der Waals surface area contributed by atoms with Crippen molar-refractivity contribution in [3.8, 4) is 0 Å². The summed E-state index contributed by atoms with van der Waals surface area (Å²) in [7, 11) is 0. The lowest BCUT2D eigenvalue weighted by Gasteiger charge is -2.42. The molecular formula is C12H23N. The zero-order chi connectivity index (χ0) is 9.15. The first kappa shape index (κ1) is 9.51. The van der Waals surface area contributed by atoms with Gasteiger partial charge in [0.05, 0.1) is 0 Å². The number of nitrogens with one attached hydrogen (secondary N) is 1. The minimum Gasteiger partial charge on any atom is -0.316 e. The van der Waals surface area contributed by atoms with Crippen LogP contribution in [0, 0.1) is 11.3 Å². The number of hydrogen-bond donors (Lipinski definition) is 1. The standard InChI is InChI=1S/C12H23N/c1-2-12(8-5-9-13-10-12)11-6-3-4-7-11/h11,13H,2-10H2,1H3. The van der Waals surface area contributed by atoms with Gasteiger partial charge in [-0.3, -0.25) is 0 Å². The van der Waals surface area contributed by atoms with Crippen LogP contribution in [0.1, 0.15) is 51.9 Å². The van der Waals surface area contributed by atoms with Crippen LogP contribution < -0.4 is 5.32 Å². The first-order valence-electron chi connectivity index (χ1n) is 6.08. The molecule has 1 saturated carbocycles. The van der Waals surface area contributed by atoms with E-state index in [1.165, 1.54) is 58.0 Å². The van der Waals surface area contributed by atoms with Crippen molar-refractivity contribution < 1.29 is 0 Å². The fourth-order valence-electron chi connectivity index (χ4n) is 3.47. The topological polar surface area (TPSA) is 12.0 Å². The van der Waals surface area contributed by atoms with E-state index in [4.69, 9.17) is 0 Å². The van der Waals surface area contributed by atoms with E-state index in [0.29, 0.717) is 5.41 Å². The second-order valence-corrected chi connectivity index (χ2v) is 4.98. The average molecular weight is 181 g/mol. The van der Waals surface area contributed by atoms with Gasteiger partial charge >= 0.3 is 0 Å². The van der Waals surface area contributed by atoms with E-state index in [9.17, 15) is 0 Å². The van der Waals surface area contributed by atoms with Crippen molar-refractivity contribution in [1.82, 2.24) is 5.32 Å². The third-order valence-electron chi connectivity index (χ3n) is 4.43. The van der Waals surface area contributed by atoms with Gasteiger partial charge in [-0.05, 0) is 50.0 Å². The molecule has 0 amide bonds. The largest absolute Gasteiger partial charge is 0.316 e. The van der Waals surface area contributed by atoms with E-state index in [2.05, 4.69) is 12.2 Å². The third-order valence-corrected chi connectivity index (χ3v) is 4.43. The Kier molecular flexibility index (Phi) is 2.92. The zero-order valence-corrected chi connectivity index (χ0v) is 8.94. The molecule has 1 aliphatic heterocycles.